The van der Waals surface area contributed by atoms with E-state index in [1.54, 1.807) is 4.90 Å². The molecule has 1 aliphatic heterocycles. The lowest BCUT2D eigenvalue weighted by atomic mass is 10.3. The molecule has 7 nitrogen and oxygen atoms in total. The predicted molar refractivity (Wildman–Crippen MR) is 60.8 cm³/mol. The Balaban J connectivity index is 2.09. The summed E-state index contributed by atoms with van der Waals surface area (Å²) in [5, 5.41) is 5.46. The highest BCUT2D eigenvalue weighted by molar-refractivity contribution is 5.76. The Hall–Kier alpha value is -1.89. The molecular formula is C10H14N4O3. The minimum absolute atomic E-state index is 0.116. The van der Waals surface area contributed by atoms with Crippen LogP contribution in [-0.2, 0) is 11.3 Å². The van der Waals surface area contributed by atoms with Crippen LogP contribution in [0.2, 0.25) is 0 Å². The summed E-state index contributed by atoms with van der Waals surface area (Å²) >= 11 is 0. The van der Waals surface area contributed by atoms with Crippen LogP contribution >= 0.6 is 0 Å². The second kappa shape index (κ2) is 4.96. The molecule has 1 saturated heterocycles. The zero-order chi connectivity index (χ0) is 12.3. The molecule has 0 spiro atoms. The molecule has 1 aromatic rings. The lowest BCUT2D eigenvalue weighted by molar-refractivity contribution is -0.132. The molecule has 1 amide bonds. The number of carbonyl (C=O) groups is 1. The van der Waals surface area contributed by atoms with Crippen molar-refractivity contribution in [2.45, 2.75) is 6.54 Å². The maximum Gasteiger partial charge on any atom is 0.265 e. The van der Waals surface area contributed by atoms with Crippen molar-refractivity contribution in [3.8, 4) is 0 Å². The average molecular weight is 238 g/mol. The number of rotatable bonds is 2. The highest BCUT2D eigenvalue weighted by Crippen LogP contribution is 1.94. The molecule has 0 aliphatic carbocycles. The molecule has 1 aliphatic rings. The molecular weight excluding hydrogens is 224 g/mol. The Bertz CT molecular complexity index is 513. The van der Waals surface area contributed by atoms with Gasteiger partial charge >= 0.3 is 0 Å². The first-order valence-corrected chi connectivity index (χ1v) is 5.45. The van der Waals surface area contributed by atoms with Crippen LogP contribution in [0.3, 0.4) is 0 Å². The maximum absolute atomic E-state index is 11.8. The quantitative estimate of drug-likeness (QED) is 0.622. The van der Waals surface area contributed by atoms with Crippen molar-refractivity contribution < 1.29 is 4.79 Å². The van der Waals surface area contributed by atoms with E-state index in [1.165, 1.54) is 0 Å². The van der Waals surface area contributed by atoms with Crippen LogP contribution in [-0.4, -0.2) is 46.8 Å². The van der Waals surface area contributed by atoms with Crippen LogP contribution in [0, 0.1) is 0 Å². The maximum atomic E-state index is 11.8. The molecule has 92 valence electrons. The Kier molecular flexibility index (Phi) is 3.38. The van der Waals surface area contributed by atoms with Crippen LogP contribution in [0.4, 0.5) is 0 Å². The van der Waals surface area contributed by atoms with Crippen molar-refractivity contribution in [1.82, 2.24) is 20.0 Å². The Morgan fingerprint density at radius 2 is 1.94 bits per heavy atom. The fourth-order valence-corrected chi connectivity index (χ4v) is 1.73. The van der Waals surface area contributed by atoms with Crippen LogP contribution in [0.15, 0.2) is 21.7 Å². The lowest BCUT2D eigenvalue weighted by Gasteiger charge is -2.27. The summed E-state index contributed by atoms with van der Waals surface area (Å²) in [5.41, 5.74) is -0.772. The number of aromatic nitrogens is 2. The number of aromatic amines is 1. The highest BCUT2D eigenvalue weighted by Gasteiger charge is 2.16. The lowest BCUT2D eigenvalue weighted by Crippen LogP contribution is -2.48. The van der Waals surface area contributed by atoms with Gasteiger partial charge in [0.25, 0.3) is 11.1 Å². The molecule has 2 N–H and O–H groups in total. The summed E-state index contributed by atoms with van der Waals surface area (Å²) in [6, 6.07) is 2.30. The Morgan fingerprint density at radius 1 is 1.24 bits per heavy atom. The van der Waals surface area contributed by atoms with E-state index in [1.807, 2.05) is 0 Å². The smallest absolute Gasteiger partial charge is 0.265 e. The van der Waals surface area contributed by atoms with E-state index < -0.39 is 5.56 Å². The van der Waals surface area contributed by atoms with E-state index in [9.17, 15) is 14.4 Å². The van der Waals surface area contributed by atoms with Gasteiger partial charge in [-0.2, -0.15) is 0 Å². The van der Waals surface area contributed by atoms with Crippen molar-refractivity contribution in [3.63, 3.8) is 0 Å². The first kappa shape index (κ1) is 11.6. The van der Waals surface area contributed by atoms with Crippen LogP contribution < -0.4 is 16.4 Å². The van der Waals surface area contributed by atoms with Gasteiger partial charge in [-0.1, -0.05) is 0 Å². The van der Waals surface area contributed by atoms with Gasteiger partial charge in [-0.25, -0.2) is 4.68 Å². The molecule has 0 bridgehead atoms. The van der Waals surface area contributed by atoms with E-state index in [-0.39, 0.29) is 18.0 Å². The van der Waals surface area contributed by atoms with Crippen LogP contribution in [0.25, 0.3) is 0 Å². The summed E-state index contributed by atoms with van der Waals surface area (Å²) in [5.74, 6) is -0.157. The van der Waals surface area contributed by atoms with Crippen molar-refractivity contribution in [2.24, 2.45) is 0 Å². The van der Waals surface area contributed by atoms with Gasteiger partial charge < -0.3 is 10.2 Å². The van der Waals surface area contributed by atoms with Gasteiger partial charge in [-0.05, 0) is 0 Å². The largest absolute Gasteiger partial charge is 0.339 e. The molecule has 0 aromatic carbocycles. The first-order chi connectivity index (χ1) is 8.16. The Labute approximate surface area is 97.0 Å². The number of piperazine rings is 1. The SMILES string of the molecule is O=C(Cn1[nH]c(=O)ccc1=O)N1CCNCC1. The third-order valence-electron chi connectivity index (χ3n) is 2.65. The van der Waals surface area contributed by atoms with E-state index in [4.69, 9.17) is 0 Å². The number of hydrogen-bond acceptors (Lipinski definition) is 4. The third kappa shape index (κ3) is 2.82. The summed E-state index contributed by atoms with van der Waals surface area (Å²) in [6.07, 6.45) is 0. The summed E-state index contributed by atoms with van der Waals surface area (Å²) in [4.78, 5) is 36.0. The van der Waals surface area contributed by atoms with Gasteiger partial charge in [0.2, 0.25) is 5.91 Å². The van der Waals surface area contributed by atoms with Gasteiger partial charge in [0.05, 0.1) is 0 Å². The number of nitrogens with zero attached hydrogens (tertiary/aromatic N) is 2. The average Bonchev–Trinajstić information content (AvgIpc) is 2.35. The van der Waals surface area contributed by atoms with Crippen molar-refractivity contribution in [3.05, 3.63) is 32.8 Å². The van der Waals surface area contributed by atoms with Gasteiger partial charge in [0.15, 0.2) is 0 Å². The van der Waals surface area contributed by atoms with Gasteiger partial charge in [0, 0.05) is 38.3 Å². The number of hydrogen-bond donors (Lipinski definition) is 2. The number of carbonyl (C=O) groups excluding carboxylic acids is 1. The molecule has 2 heterocycles. The zero-order valence-electron chi connectivity index (χ0n) is 9.31. The van der Waals surface area contributed by atoms with Gasteiger partial charge in [-0.3, -0.25) is 19.5 Å². The van der Waals surface area contributed by atoms with E-state index in [2.05, 4.69) is 10.4 Å². The fraction of sp³-hybridized carbons (Fsp3) is 0.500. The van der Waals surface area contributed by atoms with E-state index in [0.717, 1.165) is 29.9 Å². The second-order valence-corrected chi connectivity index (χ2v) is 3.86. The monoisotopic (exact) mass is 238 g/mol. The molecule has 0 atom stereocenters. The standard InChI is InChI=1S/C10H14N4O3/c15-8-1-2-9(16)14(12-8)7-10(17)13-5-3-11-4-6-13/h1-2,11H,3-7H2,(H,12,15). The molecule has 1 aromatic heterocycles. The van der Waals surface area contributed by atoms with Crippen molar-refractivity contribution in [2.75, 3.05) is 26.2 Å². The van der Waals surface area contributed by atoms with Crippen molar-refractivity contribution in [1.29, 1.82) is 0 Å². The highest BCUT2D eigenvalue weighted by atomic mass is 16.2. The number of amides is 1. The fourth-order valence-electron chi connectivity index (χ4n) is 1.73. The molecule has 0 saturated carbocycles. The van der Waals surface area contributed by atoms with Crippen LogP contribution in [0.1, 0.15) is 0 Å². The van der Waals surface area contributed by atoms with E-state index in [0.29, 0.717) is 13.1 Å². The van der Waals surface area contributed by atoms with E-state index >= 15 is 0 Å². The zero-order valence-corrected chi connectivity index (χ0v) is 9.31. The third-order valence-corrected chi connectivity index (χ3v) is 2.65. The summed E-state index contributed by atoms with van der Waals surface area (Å²) in [7, 11) is 0. The minimum atomic E-state index is -0.391. The molecule has 1 fully saturated rings. The number of nitrogens with one attached hydrogen (secondary N) is 2. The van der Waals surface area contributed by atoms with Crippen LogP contribution in [0.5, 0.6) is 0 Å². The number of H-pyrrole nitrogens is 1. The molecule has 17 heavy (non-hydrogen) atoms. The molecule has 0 unspecified atom stereocenters. The second-order valence-electron chi connectivity index (χ2n) is 3.86. The molecule has 7 heteroatoms. The predicted octanol–water partition coefficient (Wildman–Crippen LogP) is -2.03. The van der Waals surface area contributed by atoms with Gasteiger partial charge in [0.1, 0.15) is 6.54 Å². The normalized spacial score (nSPS) is 15.9. The molecule has 2 rings (SSSR count). The molecule has 0 radical (unpaired) electrons. The Morgan fingerprint density at radius 3 is 2.65 bits per heavy atom. The summed E-state index contributed by atoms with van der Waals surface area (Å²) < 4.78 is 1.03. The van der Waals surface area contributed by atoms with Crippen molar-refractivity contribution >= 4 is 5.91 Å². The minimum Gasteiger partial charge on any atom is -0.339 e. The first-order valence-electron chi connectivity index (χ1n) is 5.45. The summed E-state index contributed by atoms with van der Waals surface area (Å²) in [6.45, 7) is 2.65. The topological polar surface area (TPSA) is 87.2 Å². The van der Waals surface area contributed by atoms with Gasteiger partial charge in [-0.15, -0.1) is 0 Å².